The second-order valence-electron chi connectivity index (χ2n) is 6.14. The van der Waals surface area contributed by atoms with Crippen molar-refractivity contribution in [1.29, 1.82) is 0 Å². The van der Waals surface area contributed by atoms with Crippen LogP contribution in [0.2, 0.25) is 0 Å². The largest absolute Gasteiger partial charge is 0.453 e. The number of rotatable bonds is 7. The fourth-order valence-corrected chi connectivity index (χ4v) is 2.90. The number of anilines is 1. The molecule has 3 N–H and O–H groups in total. The van der Waals surface area contributed by atoms with Gasteiger partial charge in [-0.05, 0) is 11.6 Å². The number of carbonyl (C=O) groups excluding carboxylic acids is 2. The Morgan fingerprint density at radius 1 is 1.44 bits per heavy atom. The van der Waals surface area contributed by atoms with Gasteiger partial charge in [0.2, 0.25) is 0 Å². The van der Waals surface area contributed by atoms with E-state index in [2.05, 4.69) is 30.8 Å². The third-order valence-corrected chi connectivity index (χ3v) is 4.15. The van der Waals surface area contributed by atoms with Crippen LogP contribution in [0.25, 0.3) is 11.3 Å². The second-order valence-corrected chi connectivity index (χ2v) is 6.14. The fraction of sp³-hybridized carbons (Fsp3) is 0.412. The minimum atomic E-state index is -0.536. The molecule has 1 aliphatic heterocycles. The summed E-state index contributed by atoms with van der Waals surface area (Å²) in [6.07, 6.45) is 2.95. The van der Waals surface area contributed by atoms with Crippen LogP contribution in [0.5, 0.6) is 0 Å². The molecule has 3 heterocycles. The molecule has 2 aromatic rings. The molecule has 0 spiro atoms. The first-order valence-corrected chi connectivity index (χ1v) is 8.40. The molecule has 0 saturated heterocycles. The highest BCUT2D eigenvalue weighted by Crippen LogP contribution is 2.29. The van der Waals surface area contributed by atoms with E-state index >= 15 is 0 Å². The molecule has 0 saturated carbocycles. The zero-order valence-corrected chi connectivity index (χ0v) is 15.4. The van der Waals surface area contributed by atoms with Crippen LogP contribution in [0.4, 0.5) is 10.6 Å². The summed E-state index contributed by atoms with van der Waals surface area (Å²) in [6.45, 7) is 1.13. The molecule has 10 nitrogen and oxygen atoms in total. The number of fused-ring (bicyclic) bond motifs is 1. The Balaban J connectivity index is 1.84. The van der Waals surface area contributed by atoms with E-state index in [4.69, 9.17) is 4.74 Å². The van der Waals surface area contributed by atoms with Crippen LogP contribution in [-0.2, 0) is 23.1 Å². The number of ether oxygens (including phenoxy) is 2. The number of aryl methyl sites for hydroxylation is 1. The van der Waals surface area contributed by atoms with Crippen LogP contribution >= 0.6 is 0 Å². The number of aromatic nitrogens is 3. The van der Waals surface area contributed by atoms with Gasteiger partial charge in [0, 0.05) is 39.0 Å². The highest BCUT2D eigenvalue weighted by molar-refractivity contribution is 6.04. The third-order valence-electron chi connectivity index (χ3n) is 4.15. The number of alkyl carbamates (subject to hydrolysis) is 1. The topological polar surface area (TPSA) is 119 Å². The fourth-order valence-electron chi connectivity index (χ4n) is 2.90. The summed E-state index contributed by atoms with van der Waals surface area (Å²) in [6, 6.07) is 1.52. The maximum atomic E-state index is 12.2. The first-order chi connectivity index (χ1) is 13.0. The Bertz CT molecular complexity index is 850. The Morgan fingerprint density at radius 2 is 2.26 bits per heavy atom. The number of pyridine rings is 1. The number of hydrogen-bond donors (Lipinski definition) is 3. The molecule has 0 aliphatic carbocycles. The van der Waals surface area contributed by atoms with Crippen LogP contribution < -0.4 is 16.0 Å². The molecular formula is C17H22N6O4. The third kappa shape index (κ3) is 4.17. The highest BCUT2D eigenvalue weighted by atomic mass is 16.5. The number of methoxy groups -OCH3 is 2. The molecule has 2 amide bonds. The lowest BCUT2D eigenvalue weighted by molar-refractivity contribution is 0.0966. The van der Waals surface area contributed by atoms with E-state index in [0.717, 1.165) is 11.1 Å². The van der Waals surface area contributed by atoms with Gasteiger partial charge in [0.15, 0.2) is 0 Å². The molecule has 144 valence electrons. The lowest BCUT2D eigenvalue weighted by atomic mass is 10.0. The van der Waals surface area contributed by atoms with Gasteiger partial charge in [-0.25, -0.2) is 9.78 Å². The van der Waals surface area contributed by atoms with Crippen LogP contribution in [0.1, 0.15) is 15.9 Å². The van der Waals surface area contributed by atoms with E-state index in [9.17, 15) is 9.59 Å². The first-order valence-electron chi connectivity index (χ1n) is 8.40. The maximum absolute atomic E-state index is 12.2. The van der Waals surface area contributed by atoms with Crippen molar-refractivity contribution in [2.45, 2.75) is 12.6 Å². The summed E-state index contributed by atoms with van der Waals surface area (Å²) in [7, 11) is 4.66. The van der Waals surface area contributed by atoms with E-state index < -0.39 is 6.09 Å². The van der Waals surface area contributed by atoms with Gasteiger partial charge in [0.25, 0.3) is 5.91 Å². The van der Waals surface area contributed by atoms with E-state index in [1.807, 2.05) is 12.3 Å². The molecule has 0 unspecified atom stereocenters. The van der Waals surface area contributed by atoms with E-state index in [0.29, 0.717) is 36.8 Å². The van der Waals surface area contributed by atoms with Gasteiger partial charge >= 0.3 is 6.09 Å². The van der Waals surface area contributed by atoms with Crippen molar-refractivity contribution < 1.29 is 19.1 Å². The SMILES string of the molecule is COC[C@@H](CNc1cc2c(c(-c3cnn(C)c3)n1)C(=O)NC2)NC(=O)OC. The van der Waals surface area contributed by atoms with Crippen molar-refractivity contribution in [3.8, 4) is 11.3 Å². The van der Waals surface area contributed by atoms with Gasteiger partial charge in [-0.3, -0.25) is 9.48 Å². The molecule has 1 atom stereocenters. The second kappa shape index (κ2) is 8.04. The van der Waals surface area contributed by atoms with Crippen LogP contribution in [-0.4, -0.2) is 60.2 Å². The van der Waals surface area contributed by atoms with Gasteiger partial charge in [-0.1, -0.05) is 0 Å². The highest BCUT2D eigenvalue weighted by Gasteiger charge is 2.26. The van der Waals surface area contributed by atoms with Gasteiger partial charge in [-0.2, -0.15) is 5.10 Å². The van der Waals surface area contributed by atoms with Crippen molar-refractivity contribution in [3.63, 3.8) is 0 Å². The van der Waals surface area contributed by atoms with Crippen molar-refractivity contribution >= 4 is 17.8 Å². The average molecular weight is 374 g/mol. The van der Waals surface area contributed by atoms with Gasteiger partial charge in [-0.15, -0.1) is 0 Å². The average Bonchev–Trinajstić information content (AvgIpc) is 3.25. The van der Waals surface area contributed by atoms with Crippen molar-refractivity contribution in [2.75, 3.05) is 32.7 Å². The predicted molar refractivity (Wildman–Crippen MR) is 97.3 cm³/mol. The Hall–Kier alpha value is -3.14. The van der Waals surface area contributed by atoms with Gasteiger partial charge in [0.1, 0.15) is 5.82 Å². The van der Waals surface area contributed by atoms with E-state index in [-0.39, 0.29) is 11.9 Å². The molecule has 0 radical (unpaired) electrons. The van der Waals surface area contributed by atoms with Crippen LogP contribution in [0.15, 0.2) is 18.5 Å². The number of amides is 2. The summed E-state index contributed by atoms with van der Waals surface area (Å²) in [5, 5.41) is 12.9. The van der Waals surface area contributed by atoms with Crippen LogP contribution in [0, 0.1) is 0 Å². The summed E-state index contributed by atoms with van der Waals surface area (Å²) < 4.78 is 11.4. The van der Waals surface area contributed by atoms with Crippen molar-refractivity contribution in [3.05, 3.63) is 29.6 Å². The Labute approximate surface area is 156 Å². The Morgan fingerprint density at radius 3 is 2.93 bits per heavy atom. The van der Waals surface area contributed by atoms with E-state index in [1.165, 1.54) is 7.11 Å². The van der Waals surface area contributed by atoms with Gasteiger partial charge in [0.05, 0.1) is 37.2 Å². The number of hydrogen-bond acceptors (Lipinski definition) is 7. The molecule has 27 heavy (non-hydrogen) atoms. The number of nitrogens with zero attached hydrogens (tertiary/aromatic N) is 3. The molecule has 0 aromatic carbocycles. The standard InChI is InChI=1S/C17H22N6O4/c1-23-8-11(6-20-23)15-14-10(5-19-16(14)24)4-13(22-15)18-7-12(9-26-2)21-17(25)27-3/h4,6,8,12H,5,7,9H2,1-3H3,(H,18,22)(H,19,24)(H,21,25)/t12-/m1/s1. The number of carbonyl (C=O) groups is 2. The molecule has 10 heteroatoms. The monoisotopic (exact) mass is 374 g/mol. The minimum absolute atomic E-state index is 0.146. The van der Waals surface area contributed by atoms with E-state index in [1.54, 1.807) is 25.0 Å². The summed E-state index contributed by atoms with van der Waals surface area (Å²) >= 11 is 0. The summed E-state index contributed by atoms with van der Waals surface area (Å²) in [5.74, 6) is 0.449. The Kier molecular flexibility index (Phi) is 5.55. The normalized spacial score (nSPS) is 13.7. The van der Waals surface area contributed by atoms with Crippen molar-refractivity contribution in [1.82, 2.24) is 25.4 Å². The lowest BCUT2D eigenvalue weighted by Crippen LogP contribution is -2.42. The maximum Gasteiger partial charge on any atom is 0.407 e. The summed E-state index contributed by atoms with van der Waals surface area (Å²) in [5.41, 5.74) is 2.76. The molecule has 3 rings (SSSR count). The lowest BCUT2D eigenvalue weighted by Gasteiger charge is -2.18. The molecule has 1 aliphatic rings. The molecular weight excluding hydrogens is 352 g/mol. The smallest absolute Gasteiger partial charge is 0.407 e. The minimum Gasteiger partial charge on any atom is -0.453 e. The first kappa shape index (κ1) is 18.6. The zero-order chi connectivity index (χ0) is 19.4. The molecule has 2 aromatic heterocycles. The predicted octanol–water partition coefficient (Wildman–Crippen LogP) is 0.508. The molecule has 0 bridgehead atoms. The number of nitrogens with one attached hydrogen (secondary N) is 3. The summed E-state index contributed by atoms with van der Waals surface area (Å²) in [4.78, 5) is 28.3. The van der Waals surface area contributed by atoms with Gasteiger partial charge < -0.3 is 25.4 Å². The zero-order valence-electron chi connectivity index (χ0n) is 15.4. The quantitative estimate of drug-likeness (QED) is 0.646. The molecule has 0 fully saturated rings. The van der Waals surface area contributed by atoms with Crippen LogP contribution in [0.3, 0.4) is 0 Å². The van der Waals surface area contributed by atoms with Crippen molar-refractivity contribution in [2.24, 2.45) is 7.05 Å².